The Labute approximate surface area is 129 Å². The van der Waals surface area contributed by atoms with Crippen molar-refractivity contribution in [1.82, 2.24) is 4.90 Å². The third-order valence-electron chi connectivity index (χ3n) is 3.26. The van der Waals surface area contributed by atoms with Crippen molar-refractivity contribution in [2.45, 2.75) is 11.4 Å². The average molecular weight is 301 g/mol. The Morgan fingerprint density at radius 1 is 1.14 bits per heavy atom. The highest BCUT2D eigenvalue weighted by molar-refractivity contribution is 7.98. The van der Waals surface area contributed by atoms with Crippen LogP contribution in [0.3, 0.4) is 0 Å². The molecule has 2 rings (SSSR count). The summed E-state index contributed by atoms with van der Waals surface area (Å²) in [7, 11) is 3.38. The summed E-state index contributed by atoms with van der Waals surface area (Å²) in [4.78, 5) is 15.4. The van der Waals surface area contributed by atoms with Crippen LogP contribution in [0, 0.1) is 0 Å². The summed E-state index contributed by atoms with van der Waals surface area (Å²) in [5.74, 6) is 0.563. The summed E-state index contributed by atoms with van der Waals surface area (Å²) in [5.41, 5.74) is 1.70. The SMILES string of the molecule is COc1ccccc1C(=O)N(C)Cc1ccc(SC)cc1. The number of thioether (sulfide) groups is 1. The molecular formula is C17H19NO2S. The smallest absolute Gasteiger partial charge is 0.257 e. The molecule has 0 N–H and O–H groups in total. The number of nitrogens with zero attached hydrogens (tertiary/aromatic N) is 1. The van der Waals surface area contributed by atoms with Crippen molar-refractivity contribution in [2.75, 3.05) is 20.4 Å². The summed E-state index contributed by atoms with van der Waals surface area (Å²) < 4.78 is 5.25. The van der Waals surface area contributed by atoms with Crippen LogP contribution < -0.4 is 4.74 Å². The maximum absolute atomic E-state index is 12.5. The molecule has 0 bridgehead atoms. The third-order valence-corrected chi connectivity index (χ3v) is 4.01. The zero-order valence-corrected chi connectivity index (χ0v) is 13.3. The highest BCUT2D eigenvalue weighted by Gasteiger charge is 2.16. The molecule has 1 amide bonds. The van der Waals surface area contributed by atoms with Gasteiger partial charge < -0.3 is 9.64 Å². The van der Waals surface area contributed by atoms with Gasteiger partial charge in [0.15, 0.2) is 0 Å². The van der Waals surface area contributed by atoms with E-state index in [-0.39, 0.29) is 5.91 Å². The number of benzene rings is 2. The fourth-order valence-electron chi connectivity index (χ4n) is 2.10. The lowest BCUT2D eigenvalue weighted by Crippen LogP contribution is -2.26. The second-order valence-corrected chi connectivity index (χ2v) is 5.59. The molecule has 0 aliphatic heterocycles. The Kier molecular flexibility index (Phi) is 5.28. The van der Waals surface area contributed by atoms with Crippen molar-refractivity contribution in [3.05, 3.63) is 59.7 Å². The van der Waals surface area contributed by atoms with Crippen LogP contribution in [0.4, 0.5) is 0 Å². The quantitative estimate of drug-likeness (QED) is 0.789. The number of amides is 1. The second kappa shape index (κ2) is 7.18. The number of para-hydroxylation sites is 1. The monoisotopic (exact) mass is 301 g/mol. The number of methoxy groups -OCH3 is 1. The zero-order chi connectivity index (χ0) is 15.2. The summed E-state index contributed by atoms with van der Waals surface area (Å²) in [5, 5.41) is 0. The first-order valence-corrected chi connectivity index (χ1v) is 7.89. The predicted molar refractivity (Wildman–Crippen MR) is 87.0 cm³/mol. The zero-order valence-electron chi connectivity index (χ0n) is 12.5. The molecule has 0 aliphatic rings. The molecule has 0 saturated carbocycles. The van der Waals surface area contributed by atoms with Crippen molar-refractivity contribution < 1.29 is 9.53 Å². The molecule has 2 aromatic rings. The van der Waals surface area contributed by atoms with Crippen LogP contribution in [0.25, 0.3) is 0 Å². The van der Waals surface area contributed by atoms with Gasteiger partial charge in [-0.05, 0) is 36.1 Å². The van der Waals surface area contributed by atoms with Crippen molar-refractivity contribution in [3.8, 4) is 5.75 Å². The molecule has 0 radical (unpaired) electrons. The molecule has 3 nitrogen and oxygen atoms in total. The van der Waals surface area contributed by atoms with Gasteiger partial charge in [0.05, 0.1) is 12.7 Å². The van der Waals surface area contributed by atoms with Crippen LogP contribution in [-0.2, 0) is 6.54 Å². The van der Waals surface area contributed by atoms with Crippen LogP contribution in [-0.4, -0.2) is 31.2 Å². The molecule has 2 aromatic carbocycles. The van der Waals surface area contributed by atoms with Gasteiger partial charge in [-0.2, -0.15) is 0 Å². The second-order valence-electron chi connectivity index (χ2n) is 4.71. The van der Waals surface area contributed by atoms with Crippen LogP contribution in [0.1, 0.15) is 15.9 Å². The van der Waals surface area contributed by atoms with Crippen molar-refractivity contribution in [1.29, 1.82) is 0 Å². The van der Waals surface area contributed by atoms with E-state index < -0.39 is 0 Å². The number of hydrogen-bond donors (Lipinski definition) is 0. The number of carbonyl (C=O) groups excluding carboxylic acids is 1. The minimum Gasteiger partial charge on any atom is -0.496 e. The molecule has 0 aromatic heterocycles. The molecule has 0 heterocycles. The van der Waals surface area contributed by atoms with Gasteiger partial charge in [-0.1, -0.05) is 24.3 Å². The average Bonchev–Trinajstić information content (AvgIpc) is 2.54. The van der Waals surface area contributed by atoms with Gasteiger partial charge in [0.2, 0.25) is 0 Å². The summed E-state index contributed by atoms with van der Waals surface area (Å²) >= 11 is 1.71. The molecule has 0 aliphatic carbocycles. The first-order valence-electron chi connectivity index (χ1n) is 6.67. The van der Waals surface area contributed by atoms with E-state index in [1.807, 2.05) is 18.4 Å². The fourth-order valence-corrected chi connectivity index (χ4v) is 2.51. The first kappa shape index (κ1) is 15.4. The Morgan fingerprint density at radius 3 is 2.43 bits per heavy atom. The number of carbonyl (C=O) groups is 1. The molecule has 0 spiro atoms. The first-order chi connectivity index (χ1) is 10.2. The van der Waals surface area contributed by atoms with Gasteiger partial charge >= 0.3 is 0 Å². The lowest BCUT2D eigenvalue weighted by molar-refractivity contribution is 0.0781. The number of ether oxygens (including phenoxy) is 1. The van der Waals surface area contributed by atoms with E-state index >= 15 is 0 Å². The van der Waals surface area contributed by atoms with Gasteiger partial charge in [-0.3, -0.25) is 4.79 Å². The summed E-state index contributed by atoms with van der Waals surface area (Å²) in [6, 6.07) is 15.5. The Morgan fingerprint density at radius 2 is 1.81 bits per heavy atom. The minimum absolute atomic E-state index is 0.0404. The highest BCUT2D eigenvalue weighted by atomic mass is 32.2. The number of hydrogen-bond acceptors (Lipinski definition) is 3. The van der Waals surface area contributed by atoms with E-state index in [0.717, 1.165) is 5.56 Å². The van der Waals surface area contributed by atoms with E-state index in [2.05, 4.69) is 24.3 Å². The molecule has 21 heavy (non-hydrogen) atoms. The molecular weight excluding hydrogens is 282 g/mol. The van der Waals surface area contributed by atoms with Crippen molar-refractivity contribution in [3.63, 3.8) is 0 Å². The molecule has 0 unspecified atom stereocenters. The molecule has 110 valence electrons. The van der Waals surface area contributed by atoms with Gasteiger partial charge in [0.25, 0.3) is 5.91 Å². The summed E-state index contributed by atoms with van der Waals surface area (Å²) in [6.07, 6.45) is 2.05. The predicted octanol–water partition coefficient (Wildman–Crippen LogP) is 3.69. The Balaban J connectivity index is 2.11. The third kappa shape index (κ3) is 3.79. The topological polar surface area (TPSA) is 29.5 Å². The molecule has 0 atom stereocenters. The Hall–Kier alpha value is -1.94. The largest absolute Gasteiger partial charge is 0.496 e. The molecule has 0 fully saturated rings. The summed E-state index contributed by atoms with van der Waals surface area (Å²) in [6.45, 7) is 0.575. The fraction of sp³-hybridized carbons (Fsp3) is 0.235. The van der Waals surface area contributed by atoms with Gasteiger partial charge in [0.1, 0.15) is 5.75 Å². The van der Waals surface area contributed by atoms with Crippen molar-refractivity contribution >= 4 is 17.7 Å². The minimum atomic E-state index is -0.0404. The van der Waals surface area contributed by atoms with E-state index in [4.69, 9.17) is 4.74 Å². The maximum Gasteiger partial charge on any atom is 0.257 e. The van der Waals surface area contributed by atoms with Crippen LogP contribution in [0.2, 0.25) is 0 Å². The van der Waals surface area contributed by atoms with Crippen LogP contribution in [0.15, 0.2) is 53.4 Å². The van der Waals surface area contributed by atoms with Gasteiger partial charge in [-0.25, -0.2) is 0 Å². The standard InChI is InChI=1S/C17H19NO2S/c1-18(12-13-8-10-14(21-3)11-9-13)17(19)15-6-4-5-7-16(15)20-2/h4-11H,12H2,1-3H3. The molecule has 4 heteroatoms. The van der Waals surface area contributed by atoms with E-state index in [9.17, 15) is 4.79 Å². The normalized spacial score (nSPS) is 10.2. The van der Waals surface area contributed by atoms with Crippen LogP contribution in [0.5, 0.6) is 5.75 Å². The van der Waals surface area contributed by atoms with E-state index in [1.165, 1.54) is 4.90 Å². The van der Waals surface area contributed by atoms with Crippen LogP contribution >= 0.6 is 11.8 Å². The molecule has 0 saturated heterocycles. The highest BCUT2D eigenvalue weighted by Crippen LogP contribution is 2.20. The van der Waals surface area contributed by atoms with Gasteiger partial charge in [-0.15, -0.1) is 11.8 Å². The van der Waals surface area contributed by atoms with Crippen molar-refractivity contribution in [2.24, 2.45) is 0 Å². The van der Waals surface area contributed by atoms with E-state index in [1.54, 1.807) is 43.0 Å². The lowest BCUT2D eigenvalue weighted by Gasteiger charge is -2.19. The van der Waals surface area contributed by atoms with Gasteiger partial charge in [0, 0.05) is 18.5 Å². The maximum atomic E-state index is 12.5. The lowest BCUT2D eigenvalue weighted by atomic mass is 10.1. The van der Waals surface area contributed by atoms with E-state index in [0.29, 0.717) is 17.9 Å². The number of rotatable bonds is 5. The Bertz CT molecular complexity index is 610.